The van der Waals surface area contributed by atoms with Crippen molar-refractivity contribution in [3.05, 3.63) is 155 Å². The van der Waals surface area contributed by atoms with Crippen LogP contribution < -0.4 is 14.5 Å². The maximum atomic E-state index is 13.5. The normalized spacial score (nSPS) is 16.1. The van der Waals surface area contributed by atoms with Crippen LogP contribution in [0.25, 0.3) is 0 Å². The van der Waals surface area contributed by atoms with Gasteiger partial charge in [0.2, 0.25) is 0 Å². The molecule has 1 atom stereocenters. The van der Waals surface area contributed by atoms with Crippen molar-refractivity contribution in [1.29, 1.82) is 0 Å². The second kappa shape index (κ2) is 11.0. The summed E-state index contributed by atoms with van der Waals surface area (Å²) in [5.41, 5.74) is 6.54. The lowest BCUT2D eigenvalue weighted by Crippen LogP contribution is -2.36. The first-order chi connectivity index (χ1) is 21.1. The van der Waals surface area contributed by atoms with Gasteiger partial charge in [0, 0.05) is 48.7 Å². The number of hydrogen-bond donors (Lipinski definition) is 0. The first-order valence-corrected chi connectivity index (χ1v) is 15.0. The highest BCUT2D eigenvalue weighted by Gasteiger charge is 2.54. The molecule has 0 aromatic heterocycles. The van der Waals surface area contributed by atoms with Crippen LogP contribution in [-0.4, -0.2) is 19.1 Å². The van der Waals surface area contributed by atoms with Gasteiger partial charge >= 0.3 is 5.97 Å². The van der Waals surface area contributed by atoms with E-state index in [1.807, 2.05) is 66.7 Å². The summed E-state index contributed by atoms with van der Waals surface area (Å²) >= 11 is 0. The predicted molar refractivity (Wildman–Crippen MR) is 171 cm³/mol. The molecule has 5 heteroatoms. The van der Waals surface area contributed by atoms with Crippen molar-refractivity contribution in [3.8, 4) is 11.5 Å². The number of esters is 1. The number of benzene rings is 5. The molecule has 1 unspecified atom stereocenters. The zero-order valence-electron chi connectivity index (χ0n) is 24.5. The molecule has 5 nitrogen and oxygen atoms in total. The van der Waals surface area contributed by atoms with Gasteiger partial charge in [-0.15, -0.1) is 0 Å². The van der Waals surface area contributed by atoms with Crippen LogP contribution in [0, 0.1) is 0 Å². The zero-order valence-corrected chi connectivity index (χ0v) is 24.5. The second-order valence-electron chi connectivity index (χ2n) is 11.0. The Balaban J connectivity index is 1.43. The summed E-state index contributed by atoms with van der Waals surface area (Å²) in [7, 11) is 0. The number of carbonyl (C=O) groups excluding carboxylic acids is 1. The van der Waals surface area contributed by atoms with Crippen molar-refractivity contribution >= 4 is 17.3 Å². The van der Waals surface area contributed by atoms with Crippen molar-refractivity contribution in [3.63, 3.8) is 0 Å². The number of ether oxygens (including phenoxy) is 2. The lowest BCUT2D eigenvalue weighted by atomic mass is 9.76. The van der Waals surface area contributed by atoms with E-state index in [-0.39, 0.29) is 5.97 Å². The van der Waals surface area contributed by atoms with Gasteiger partial charge in [0.15, 0.2) is 5.60 Å². The molecule has 0 radical (unpaired) electrons. The van der Waals surface area contributed by atoms with Gasteiger partial charge in [-0.2, -0.15) is 0 Å². The second-order valence-corrected chi connectivity index (χ2v) is 11.0. The number of para-hydroxylation sites is 1. The topological polar surface area (TPSA) is 42.0 Å². The molecule has 0 saturated carbocycles. The van der Waals surface area contributed by atoms with Crippen molar-refractivity contribution in [2.45, 2.75) is 32.5 Å². The maximum Gasteiger partial charge on any atom is 0.340 e. The lowest BCUT2D eigenvalue weighted by Gasteiger charge is -2.40. The Hall–Kier alpha value is -5.03. The minimum atomic E-state index is -1.13. The number of hydrogen-bond acceptors (Lipinski definition) is 5. The molecule has 5 aromatic carbocycles. The number of carbonyl (C=O) groups is 1. The fourth-order valence-corrected chi connectivity index (χ4v) is 6.62. The highest BCUT2D eigenvalue weighted by atomic mass is 16.6. The van der Waals surface area contributed by atoms with E-state index in [9.17, 15) is 4.79 Å². The SMILES string of the molecule is CCN(CC)c1cccc(CN(Cc2ccccc2)c2cccc3c2C2(OC(=O)c4ccccc42)c2ccccc2O3)c1. The first kappa shape index (κ1) is 26.8. The Morgan fingerprint density at radius 1 is 0.628 bits per heavy atom. The molecule has 2 aliphatic heterocycles. The molecule has 1 spiro atoms. The summed E-state index contributed by atoms with van der Waals surface area (Å²) in [6.45, 7) is 7.60. The molecular formula is C38H34N2O3. The molecule has 0 bridgehead atoms. The van der Waals surface area contributed by atoms with Crippen LogP contribution in [0.5, 0.6) is 11.5 Å². The van der Waals surface area contributed by atoms with E-state index >= 15 is 0 Å². The van der Waals surface area contributed by atoms with Crippen molar-refractivity contribution in [1.82, 2.24) is 0 Å². The zero-order chi connectivity index (χ0) is 29.4. The Bertz CT molecular complexity index is 1800. The fraction of sp³-hybridized carbons (Fsp3) is 0.184. The molecule has 43 heavy (non-hydrogen) atoms. The van der Waals surface area contributed by atoms with E-state index in [4.69, 9.17) is 9.47 Å². The Morgan fingerprint density at radius 2 is 1.28 bits per heavy atom. The minimum absolute atomic E-state index is 0.324. The van der Waals surface area contributed by atoms with Crippen LogP contribution in [0.15, 0.2) is 121 Å². The van der Waals surface area contributed by atoms with E-state index in [0.29, 0.717) is 30.2 Å². The summed E-state index contributed by atoms with van der Waals surface area (Å²) in [5.74, 6) is 1.06. The molecule has 0 saturated heterocycles. The first-order valence-electron chi connectivity index (χ1n) is 15.0. The van der Waals surface area contributed by atoms with Gasteiger partial charge in [-0.3, -0.25) is 0 Å². The molecule has 5 aromatic rings. The third-order valence-electron chi connectivity index (χ3n) is 8.58. The average Bonchev–Trinajstić information content (AvgIpc) is 3.34. The molecule has 0 amide bonds. The molecule has 214 valence electrons. The summed E-state index contributed by atoms with van der Waals surface area (Å²) in [6.07, 6.45) is 0. The molecule has 0 fully saturated rings. The van der Waals surface area contributed by atoms with Crippen molar-refractivity contribution in [2.75, 3.05) is 22.9 Å². The highest BCUT2D eigenvalue weighted by Crippen LogP contribution is 2.58. The third kappa shape index (κ3) is 4.52. The maximum absolute atomic E-state index is 13.5. The highest BCUT2D eigenvalue weighted by molar-refractivity contribution is 5.97. The van der Waals surface area contributed by atoms with Gasteiger partial charge in [-0.25, -0.2) is 4.79 Å². The predicted octanol–water partition coefficient (Wildman–Crippen LogP) is 8.31. The molecule has 2 aliphatic rings. The van der Waals surface area contributed by atoms with E-state index < -0.39 is 5.60 Å². The third-order valence-corrected chi connectivity index (χ3v) is 8.58. The lowest BCUT2D eigenvalue weighted by molar-refractivity contribution is 0.0226. The van der Waals surface area contributed by atoms with Crippen LogP contribution >= 0.6 is 0 Å². The monoisotopic (exact) mass is 566 g/mol. The van der Waals surface area contributed by atoms with Crippen molar-refractivity contribution < 1.29 is 14.3 Å². The molecule has 2 heterocycles. The number of fused-ring (bicyclic) bond motifs is 6. The van der Waals surface area contributed by atoms with Crippen LogP contribution in [-0.2, 0) is 23.4 Å². The van der Waals surface area contributed by atoms with E-state index in [0.717, 1.165) is 35.5 Å². The van der Waals surface area contributed by atoms with Gasteiger partial charge in [0.25, 0.3) is 0 Å². The molecule has 0 N–H and O–H groups in total. The Kier molecular flexibility index (Phi) is 6.86. The van der Waals surface area contributed by atoms with E-state index in [1.165, 1.54) is 16.8 Å². The Labute approximate surface area is 252 Å². The van der Waals surface area contributed by atoms with Crippen LogP contribution in [0.1, 0.15) is 52.0 Å². The van der Waals surface area contributed by atoms with Gasteiger partial charge in [-0.05, 0) is 61.4 Å². The molecule has 7 rings (SSSR count). The summed E-state index contributed by atoms with van der Waals surface area (Å²) < 4.78 is 13.1. The van der Waals surface area contributed by atoms with E-state index in [1.54, 1.807) is 0 Å². The number of nitrogens with zero attached hydrogens (tertiary/aromatic N) is 2. The van der Waals surface area contributed by atoms with Gasteiger partial charge in [-0.1, -0.05) is 84.9 Å². The molecule has 0 aliphatic carbocycles. The quantitative estimate of drug-likeness (QED) is 0.177. The van der Waals surface area contributed by atoms with Crippen LogP contribution in [0.4, 0.5) is 11.4 Å². The summed E-state index contributed by atoms with van der Waals surface area (Å²) in [5, 5.41) is 0. The molecular weight excluding hydrogens is 532 g/mol. The van der Waals surface area contributed by atoms with E-state index in [2.05, 4.69) is 78.2 Å². The van der Waals surface area contributed by atoms with Gasteiger partial charge < -0.3 is 19.3 Å². The average molecular weight is 567 g/mol. The number of rotatable bonds is 8. The fourth-order valence-electron chi connectivity index (χ4n) is 6.62. The summed E-state index contributed by atoms with van der Waals surface area (Å²) in [4.78, 5) is 18.2. The standard InChI is InChI=1S/C38H34N2O3/c1-3-39(4-2)29-17-12-16-28(24-29)26-40(25-27-14-6-5-7-15-27)33-21-13-23-35-36(33)38(32-20-10-11-22-34(32)42-35)31-19-9-8-18-30(31)37(41)43-38/h5-24H,3-4,25-26H2,1-2H3. The van der Waals surface area contributed by atoms with Crippen LogP contribution in [0.3, 0.4) is 0 Å². The van der Waals surface area contributed by atoms with Crippen molar-refractivity contribution in [2.24, 2.45) is 0 Å². The largest absolute Gasteiger partial charge is 0.456 e. The van der Waals surface area contributed by atoms with Crippen LogP contribution in [0.2, 0.25) is 0 Å². The van der Waals surface area contributed by atoms with Gasteiger partial charge in [0.1, 0.15) is 11.5 Å². The number of anilines is 2. The smallest absolute Gasteiger partial charge is 0.340 e. The minimum Gasteiger partial charge on any atom is -0.456 e. The van der Waals surface area contributed by atoms with Gasteiger partial charge in [0.05, 0.1) is 11.1 Å². The Morgan fingerprint density at radius 3 is 2.09 bits per heavy atom. The summed E-state index contributed by atoms with van der Waals surface area (Å²) in [6, 6.07) is 41.0.